The molecule has 0 radical (unpaired) electrons. The highest BCUT2D eigenvalue weighted by molar-refractivity contribution is 14.1. The molecule has 0 amide bonds. The van der Waals surface area contributed by atoms with Crippen LogP contribution in [0.5, 0.6) is 5.75 Å². The van der Waals surface area contributed by atoms with E-state index in [4.69, 9.17) is 4.74 Å². The molecule has 20 heavy (non-hydrogen) atoms. The van der Waals surface area contributed by atoms with Crippen molar-refractivity contribution in [3.8, 4) is 5.75 Å². The summed E-state index contributed by atoms with van der Waals surface area (Å²) in [6, 6.07) is 15.1. The Bertz CT molecular complexity index is 583. The predicted molar refractivity (Wildman–Crippen MR) is 92.4 cm³/mol. The molecule has 0 spiro atoms. The quantitative estimate of drug-likeness (QED) is 0.780. The minimum Gasteiger partial charge on any atom is -0.496 e. The normalized spacial score (nSPS) is 12.2. The first-order valence-corrected chi connectivity index (χ1v) is 7.87. The minimum atomic E-state index is 0.220. The third-order valence-corrected chi connectivity index (χ3v) is 4.36. The fourth-order valence-corrected chi connectivity index (χ4v) is 3.10. The number of methoxy groups -OCH3 is 1. The molecule has 0 fully saturated rings. The first-order valence-electron chi connectivity index (χ1n) is 6.79. The molecule has 2 aromatic rings. The summed E-state index contributed by atoms with van der Waals surface area (Å²) in [6.07, 6.45) is 0. The molecule has 0 aliphatic carbocycles. The largest absolute Gasteiger partial charge is 0.496 e. The Morgan fingerprint density at radius 1 is 1.20 bits per heavy atom. The van der Waals surface area contributed by atoms with Gasteiger partial charge in [-0.15, -0.1) is 0 Å². The molecule has 0 aromatic heterocycles. The summed E-state index contributed by atoms with van der Waals surface area (Å²) in [4.78, 5) is 0. The molecule has 0 saturated heterocycles. The molecule has 1 unspecified atom stereocenters. The second kappa shape index (κ2) is 7.09. The van der Waals surface area contributed by atoms with E-state index in [2.05, 4.69) is 78.2 Å². The van der Waals surface area contributed by atoms with Crippen molar-refractivity contribution in [1.29, 1.82) is 0 Å². The third-order valence-electron chi connectivity index (χ3n) is 3.38. The van der Waals surface area contributed by atoms with E-state index in [1.807, 2.05) is 6.07 Å². The van der Waals surface area contributed by atoms with Crippen molar-refractivity contribution < 1.29 is 4.74 Å². The molecule has 3 heteroatoms. The van der Waals surface area contributed by atoms with Crippen LogP contribution in [0.2, 0.25) is 0 Å². The highest BCUT2D eigenvalue weighted by Gasteiger charge is 2.16. The summed E-state index contributed by atoms with van der Waals surface area (Å²) in [7, 11) is 1.71. The Hall–Kier alpha value is -1.07. The van der Waals surface area contributed by atoms with Gasteiger partial charge in [-0.25, -0.2) is 0 Å². The zero-order valence-electron chi connectivity index (χ0n) is 12.1. The standard InChI is InChI=1S/C17H20INO/c1-4-19-17(14-7-5-6-8-15(14)18)13-9-10-16(20-3)12(2)11-13/h5-11,17,19H,4H2,1-3H3. The van der Waals surface area contributed by atoms with Crippen molar-refractivity contribution in [2.45, 2.75) is 19.9 Å². The number of halogens is 1. The Balaban J connectivity index is 2.43. The molecule has 2 aromatic carbocycles. The van der Waals surface area contributed by atoms with E-state index in [0.29, 0.717) is 0 Å². The van der Waals surface area contributed by atoms with Gasteiger partial charge in [-0.05, 0) is 64.9 Å². The molecule has 0 aliphatic heterocycles. The number of hydrogen-bond acceptors (Lipinski definition) is 2. The van der Waals surface area contributed by atoms with Gasteiger partial charge in [0.25, 0.3) is 0 Å². The van der Waals surface area contributed by atoms with Gasteiger partial charge in [0, 0.05) is 3.57 Å². The van der Waals surface area contributed by atoms with E-state index in [1.165, 1.54) is 20.3 Å². The van der Waals surface area contributed by atoms with Crippen LogP contribution < -0.4 is 10.1 Å². The van der Waals surface area contributed by atoms with Crippen LogP contribution in [-0.4, -0.2) is 13.7 Å². The maximum absolute atomic E-state index is 5.35. The van der Waals surface area contributed by atoms with Crippen molar-refractivity contribution >= 4 is 22.6 Å². The zero-order chi connectivity index (χ0) is 14.5. The molecule has 0 heterocycles. The SMILES string of the molecule is CCNC(c1ccc(OC)c(C)c1)c1ccccc1I. The van der Waals surface area contributed by atoms with Crippen LogP contribution in [-0.2, 0) is 0 Å². The predicted octanol–water partition coefficient (Wildman–Crippen LogP) is 4.31. The Labute approximate surface area is 134 Å². The number of rotatable bonds is 5. The lowest BCUT2D eigenvalue weighted by atomic mass is 9.97. The first kappa shape index (κ1) is 15.3. The Morgan fingerprint density at radius 3 is 2.55 bits per heavy atom. The molecular weight excluding hydrogens is 361 g/mol. The Kier molecular flexibility index (Phi) is 5.43. The van der Waals surface area contributed by atoms with Crippen LogP contribution in [0, 0.1) is 10.5 Å². The molecule has 1 atom stereocenters. The summed E-state index contributed by atoms with van der Waals surface area (Å²) in [5, 5.41) is 3.58. The van der Waals surface area contributed by atoms with Gasteiger partial charge in [-0.2, -0.15) is 0 Å². The van der Waals surface area contributed by atoms with E-state index >= 15 is 0 Å². The number of aryl methyl sites for hydroxylation is 1. The maximum Gasteiger partial charge on any atom is 0.121 e. The van der Waals surface area contributed by atoms with Crippen LogP contribution in [0.1, 0.15) is 29.7 Å². The van der Waals surface area contributed by atoms with Crippen molar-refractivity contribution in [2.24, 2.45) is 0 Å². The molecule has 0 saturated carbocycles. The molecular formula is C17H20INO. The van der Waals surface area contributed by atoms with Crippen LogP contribution in [0.4, 0.5) is 0 Å². The van der Waals surface area contributed by atoms with Crippen molar-refractivity contribution in [3.05, 3.63) is 62.7 Å². The third kappa shape index (κ3) is 3.33. The Morgan fingerprint density at radius 2 is 1.95 bits per heavy atom. The number of ether oxygens (including phenoxy) is 1. The van der Waals surface area contributed by atoms with E-state index in [0.717, 1.165) is 12.3 Å². The summed E-state index contributed by atoms with van der Waals surface area (Å²) in [5.41, 5.74) is 3.76. The lowest BCUT2D eigenvalue weighted by Gasteiger charge is -2.21. The summed E-state index contributed by atoms with van der Waals surface area (Å²) in [5.74, 6) is 0.937. The van der Waals surface area contributed by atoms with Gasteiger partial charge in [0.15, 0.2) is 0 Å². The van der Waals surface area contributed by atoms with Crippen molar-refractivity contribution in [1.82, 2.24) is 5.32 Å². The van der Waals surface area contributed by atoms with Gasteiger partial charge in [0.1, 0.15) is 5.75 Å². The smallest absolute Gasteiger partial charge is 0.121 e. The summed E-state index contributed by atoms with van der Waals surface area (Å²) in [6.45, 7) is 5.15. The fourth-order valence-electron chi connectivity index (χ4n) is 2.40. The van der Waals surface area contributed by atoms with Gasteiger partial charge >= 0.3 is 0 Å². The highest BCUT2D eigenvalue weighted by atomic mass is 127. The molecule has 1 N–H and O–H groups in total. The van der Waals surface area contributed by atoms with Gasteiger partial charge in [-0.3, -0.25) is 0 Å². The molecule has 0 bridgehead atoms. The van der Waals surface area contributed by atoms with Crippen LogP contribution >= 0.6 is 22.6 Å². The van der Waals surface area contributed by atoms with Crippen molar-refractivity contribution in [2.75, 3.05) is 13.7 Å². The second-order valence-electron chi connectivity index (χ2n) is 4.74. The summed E-state index contributed by atoms with van der Waals surface area (Å²) < 4.78 is 6.63. The minimum absolute atomic E-state index is 0.220. The van der Waals surface area contributed by atoms with E-state index in [-0.39, 0.29) is 6.04 Å². The average molecular weight is 381 g/mol. The fraction of sp³-hybridized carbons (Fsp3) is 0.294. The van der Waals surface area contributed by atoms with E-state index in [1.54, 1.807) is 7.11 Å². The lowest BCUT2D eigenvalue weighted by Crippen LogP contribution is -2.22. The molecule has 2 rings (SSSR count). The topological polar surface area (TPSA) is 21.3 Å². The van der Waals surface area contributed by atoms with E-state index < -0.39 is 0 Å². The summed E-state index contributed by atoms with van der Waals surface area (Å²) >= 11 is 2.40. The second-order valence-corrected chi connectivity index (χ2v) is 5.90. The molecule has 2 nitrogen and oxygen atoms in total. The van der Waals surface area contributed by atoms with Crippen LogP contribution in [0.15, 0.2) is 42.5 Å². The number of hydrogen-bond donors (Lipinski definition) is 1. The van der Waals surface area contributed by atoms with Crippen LogP contribution in [0.25, 0.3) is 0 Å². The zero-order valence-corrected chi connectivity index (χ0v) is 14.3. The van der Waals surface area contributed by atoms with E-state index in [9.17, 15) is 0 Å². The van der Waals surface area contributed by atoms with Crippen LogP contribution in [0.3, 0.4) is 0 Å². The van der Waals surface area contributed by atoms with Crippen molar-refractivity contribution in [3.63, 3.8) is 0 Å². The first-order chi connectivity index (χ1) is 9.67. The van der Waals surface area contributed by atoms with Gasteiger partial charge in [0.2, 0.25) is 0 Å². The molecule has 106 valence electrons. The average Bonchev–Trinajstić information content (AvgIpc) is 2.46. The molecule has 0 aliphatic rings. The highest BCUT2D eigenvalue weighted by Crippen LogP contribution is 2.29. The number of benzene rings is 2. The number of nitrogens with one attached hydrogen (secondary N) is 1. The van der Waals surface area contributed by atoms with Gasteiger partial charge < -0.3 is 10.1 Å². The lowest BCUT2D eigenvalue weighted by molar-refractivity contribution is 0.411. The maximum atomic E-state index is 5.35. The monoisotopic (exact) mass is 381 g/mol. The van der Waals surface area contributed by atoms with Gasteiger partial charge in [0.05, 0.1) is 13.2 Å². The van der Waals surface area contributed by atoms with Gasteiger partial charge in [-0.1, -0.05) is 37.3 Å².